The predicted molar refractivity (Wildman–Crippen MR) is 79.6 cm³/mol. The predicted octanol–water partition coefficient (Wildman–Crippen LogP) is 1.37. The van der Waals surface area contributed by atoms with E-state index in [0.29, 0.717) is 24.7 Å². The standard InChI is InChI=1S/C11H10F3NO4S.CH4O3S/c12-11(13,14)20(17,18)19-8-3-1-7(2-4-8)9-5-6-10(16)15-9;1-5(2,3)4/h1-4,9H,5-6H2,(H,15,16);1H3,(H,2,3,4). The van der Waals surface area contributed by atoms with E-state index in [9.17, 15) is 34.8 Å². The molecule has 0 bridgehead atoms. The van der Waals surface area contributed by atoms with E-state index in [1.807, 2.05) is 0 Å². The maximum absolute atomic E-state index is 12.1. The van der Waals surface area contributed by atoms with Gasteiger partial charge in [-0.1, -0.05) is 12.1 Å². The molecule has 1 unspecified atom stereocenters. The summed E-state index contributed by atoms with van der Waals surface area (Å²) < 4.78 is 87.8. The maximum atomic E-state index is 12.1. The SMILES string of the molecule is CS(=O)(=O)O.O=C1CCC(c2ccc(OS(=O)(=O)C(F)(F)F)cc2)N1. The van der Waals surface area contributed by atoms with E-state index < -0.39 is 31.5 Å². The minimum Gasteiger partial charge on any atom is -0.376 e. The fourth-order valence-corrected chi connectivity index (χ4v) is 2.25. The molecular weight excluding hydrogens is 391 g/mol. The Kier molecular flexibility index (Phi) is 6.42. The van der Waals surface area contributed by atoms with Crippen molar-refractivity contribution in [3.8, 4) is 5.75 Å². The van der Waals surface area contributed by atoms with E-state index in [1.165, 1.54) is 12.1 Å². The molecule has 1 atom stereocenters. The summed E-state index contributed by atoms with van der Waals surface area (Å²) in [6, 6.07) is 4.84. The van der Waals surface area contributed by atoms with Gasteiger partial charge in [0.1, 0.15) is 5.75 Å². The fraction of sp³-hybridized carbons (Fsp3) is 0.417. The van der Waals surface area contributed by atoms with Crippen LogP contribution in [0, 0.1) is 0 Å². The average molecular weight is 405 g/mol. The zero-order valence-electron chi connectivity index (χ0n) is 12.6. The summed E-state index contributed by atoms with van der Waals surface area (Å²) in [4.78, 5) is 11.1. The first-order chi connectivity index (χ1) is 11.2. The number of carbonyl (C=O) groups excluding carboxylic acids is 1. The summed E-state index contributed by atoms with van der Waals surface area (Å²) in [7, 11) is -9.33. The number of carbonyl (C=O) groups is 1. The van der Waals surface area contributed by atoms with Crippen LogP contribution in [0.1, 0.15) is 24.4 Å². The zero-order chi connectivity index (χ0) is 19.5. The molecule has 1 aromatic rings. The monoisotopic (exact) mass is 405 g/mol. The highest BCUT2D eigenvalue weighted by molar-refractivity contribution is 7.88. The first-order valence-corrected chi connectivity index (χ1v) is 9.77. The average Bonchev–Trinajstić information content (AvgIpc) is 2.82. The van der Waals surface area contributed by atoms with Gasteiger partial charge in [-0.2, -0.15) is 30.0 Å². The first kappa shape index (κ1) is 21.2. The number of amides is 1. The quantitative estimate of drug-likeness (QED) is 0.442. The van der Waals surface area contributed by atoms with E-state index in [1.54, 1.807) is 0 Å². The summed E-state index contributed by atoms with van der Waals surface area (Å²) in [6.45, 7) is 0. The van der Waals surface area contributed by atoms with Crippen LogP contribution in [0.4, 0.5) is 13.2 Å². The number of halogens is 3. The third kappa shape index (κ3) is 7.27. The maximum Gasteiger partial charge on any atom is 0.534 e. The second-order valence-electron chi connectivity index (χ2n) is 4.94. The van der Waals surface area contributed by atoms with Crippen LogP contribution in [0.15, 0.2) is 24.3 Å². The zero-order valence-corrected chi connectivity index (χ0v) is 14.3. The Balaban J connectivity index is 0.000000550. The van der Waals surface area contributed by atoms with Gasteiger partial charge in [0.15, 0.2) is 0 Å². The molecule has 142 valence electrons. The van der Waals surface area contributed by atoms with Gasteiger partial charge in [-0.25, -0.2) is 0 Å². The smallest absolute Gasteiger partial charge is 0.376 e. The van der Waals surface area contributed by atoms with Gasteiger partial charge in [0.2, 0.25) is 5.91 Å². The number of hydrogen-bond acceptors (Lipinski definition) is 6. The summed E-state index contributed by atoms with van der Waals surface area (Å²) in [5.41, 5.74) is -4.79. The van der Waals surface area contributed by atoms with Gasteiger partial charge in [0.05, 0.1) is 12.3 Å². The van der Waals surface area contributed by atoms with Crippen LogP contribution in [-0.4, -0.2) is 39.1 Å². The number of benzene rings is 1. The summed E-state index contributed by atoms with van der Waals surface area (Å²) in [5.74, 6) is -0.537. The Bertz CT molecular complexity index is 809. The van der Waals surface area contributed by atoms with Crippen LogP contribution in [-0.2, 0) is 25.0 Å². The van der Waals surface area contributed by atoms with Crippen LogP contribution in [0.25, 0.3) is 0 Å². The van der Waals surface area contributed by atoms with Crippen molar-refractivity contribution in [1.82, 2.24) is 5.32 Å². The van der Waals surface area contributed by atoms with Crippen molar-refractivity contribution in [3.63, 3.8) is 0 Å². The van der Waals surface area contributed by atoms with Crippen LogP contribution in [0.3, 0.4) is 0 Å². The molecule has 1 heterocycles. The van der Waals surface area contributed by atoms with E-state index in [0.717, 1.165) is 12.1 Å². The third-order valence-corrected chi connectivity index (χ3v) is 3.75. The van der Waals surface area contributed by atoms with Crippen LogP contribution >= 0.6 is 0 Å². The molecule has 25 heavy (non-hydrogen) atoms. The molecule has 2 rings (SSSR count). The van der Waals surface area contributed by atoms with Crippen molar-refractivity contribution in [2.75, 3.05) is 6.26 Å². The van der Waals surface area contributed by atoms with Crippen molar-refractivity contribution < 1.29 is 43.5 Å². The molecule has 1 aliphatic heterocycles. The van der Waals surface area contributed by atoms with Crippen molar-refractivity contribution in [3.05, 3.63) is 29.8 Å². The molecule has 13 heteroatoms. The van der Waals surface area contributed by atoms with Gasteiger partial charge in [0.25, 0.3) is 10.1 Å². The third-order valence-electron chi connectivity index (χ3n) is 2.77. The number of nitrogens with one attached hydrogen (secondary N) is 1. The van der Waals surface area contributed by atoms with Crippen molar-refractivity contribution >= 4 is 26.1 Å². The van der Waals surface area contributed by atoms with Gasteiger partial charge in [0, 0.05) is 6.42 Å². The Labute approximate surface area is 141 Å². The lowest BCUT2D eigenvalue weighted by Crippen LogP contribution is -2.28. The second-order valence-corrected chi connectivity index (χ2v) is 7.95. The van der Waals surface area contributed by atoms with Crippen LogP contribution < -0.4 is 9.50 Å². The summed E-state index contributed by atoms with van der Waals surface area (Å²) in [6.07, 6.45) is 1.68. The molecule has 0 aromatic heterocycles. The van der Waals surface area contributed by atoms with Gasteiger partial charge in [-0.15, -0.1) is 0 Å². The minimum atomic E-state index is -5.66. The fourth-order valence-electron chi connectivity index (χ4n) is 1.79. The van der Waals surface area contributed by atoms with Gasteiger partial charge >= 0.3 is 15.6 Å². The molecule has 1 fully saturated rings. The Morgan fingerprint density at radius 3 is 2.00 bits per heavy atom. The Hall–Kier alpha value is -1.86. The topological polar surface area (TPSA) is 127 Å². The summed E-state index contributed by atoms with van der Waals surface area (Å²) >= 11 is 0. The number of hydrogen-bond donors (Lipinski definition) is 2. The molecule has 0 saturated carbocycles. The molecular formula is C12H14F3NO7S2. The van der Waals surface area contributed by atoms with E-state index in [4.69, 9.17) is 4.55 Å². The lowest BCUT2D eigenvalue weighted by atomic mass is 10.1. The van der Waals surface area contributed by atoms with Crippen molar-refractivity contribution in [1.29, 1.82) is 0 Å². The molecule has 0 aliphatic carbocycles. The number of alkyl halides is 3. The summed E-state index contributed by atoms with van der Waals surface area (Å²) in [5, 5.41) is 2.68. The lowest BCUT2D eigenvalue weighted by Gasteiger charge is -2.12. The highest BCUT2D eigenvalue weighted by atomic mass is 32.2. The molecule has 1 amide bonds. The largest absolute Gasteiger partial charge is 0.534 e. The van der Waals surface area contributed by atoms with E-state index in [2.05, 4.69) is 9.50 Å². The lowest BCUT2D eigenvalue weighted by molar-refractivity contribution is -0.119. The van der Waals surface area contributed by atoms with Crippen molar-refractivity contribution in [2.45, 2.75) is 24.4 Å². The molecule has 0 radical (unpaired) electrons. The van der Waals surface area contributed by atoms with E-state index >= 15 is 0 Å². The van der Waals surface area contributed by atoms with Crippen LogP contribution in [0.5, 0.6) is 5.75 Å². The highest BCUT2D eigenvalue weighted by Gasteiger charge is 2.48. The molecule has 1 aromatic carbocycles. The van der Waals surface area contributed by atoms with Gasteiger partial charge in [-0.05, 0) is 24.1 Å². The Morgan fingerprint density at radius 1 is 1.16 bits per heavy atom. The van der Waals surface area contributed by atoms with Crippen LogP contribution in [0.2, 0.25) is 0 Å². The Morgan fingerprint density at radius 2 is 1.64 bits per heavy atom. The highest BCUT2D eigenvalue weighted by Crippen LogP contribution is 2.29. The number of rotatable bonds is 3. The van der Waals surface area contributed by atoms with E-state index in [-0.39, 0.29) is 11.9 Å². The normalized spacial score (nSPS) is 18.1. The second kappa shape index (κ2) is 7.58. The first-order valence-electron chi connectivity index (χ1n) is 6.51. The molecule has 1 aliphatic rings. The molecule has 2 N–H and O–H groups in total. The minimum absolute atomic E-state index is 0.102. The molecule has 0 spiro atoms. The molecule has 1 saturated heterocycles. The van der Waals surface area contributed by atoms with Gasteiger partial charge < -0.3 is 9.50 Å². The van der Waals surface area contributed by atoms with Gasteiger partial charge in [-0.3, -0.25) is 9.35 Å². The van der Waals surface area contributed by atoms with Crippen molar-refractivity contribution in [2.24, 2.45) is 0 Å². The molecule has 8 nitrogen and oxygen atoms in total.